The number of phenolic OH excluding ortho intramolecular Hbond substituents is 2. The fourth-order valence-electron chi connectivity index (χ4n) is 2.24. The van der Waals surface area contributed by atoms with Crippen molar-refractivity contribution in [3.05, 3.63) is 59.4 Å². The Hall–Kier alpha value is -2.42. The third-order valence-electron chi connectivity index (χ3n) is 3.34. The molecule has 0 fully saturated rings. The SMILES string of the molecule is Cc1c(Cc2ccccc2)oc2cc(O)c(O)cc12. The highest BCUT2D eigenvalue weighted by Crippen LogP contribution is 2.35. The van der Waals surface area contributed by atoms with Gasteiger partial charge in [0.25, 0.3) is 0 Å². The number of aryl methyl sites for hydroxylation is 1. The fourth-order valence-corrected chi connectivity index (χ4v) is 2.24. The maximum atomic E-state index is 9.55. The summed E-state index contributed by atoms with van der Waals surface area (Å²) in [5.41, 5.74) is 2.76. The molecule has 0 bridgehead atoms. The minimum absolute atomic E-state index is 0.123. The summed E-state index contributed by atoms with van der Waals surface area (Å²) >= 11 is 0. The van der Waals surface area contributed by atoms with Crippen LogP contribution >= 0.6 is 0 Å². The Kier molecular flexibility index (Phi) is 2.67. The molecule has 2 aromatic carbocycles. The Balaban J connectivity index is 2.08. The van der Waals surface area contributed by atoms with Crippen molar-refractivity contribution in [2.24, 2.45) is 0 Å². The van der Waals surface area contributed by atoms with Crippen LogP contribution in [0.3, 0.4) is 0 Å². The van der Waals surface area contributed by atoms with Crippen molar-refractivity contribution in [3.8, 4) is 11.5 Å². The molecule has 0 atom stereocenters. The molecular formula is C16H14O3. The van der Waals surface area contributed by atoms with Crippen LogP contribution in [0.2, 0.25) is 0 Å². The summed E-state index contributed by atoms with van der Waals surface area (Å²) in [4.78, 5) is 0. The van der Waals surface area contributed by atoms with Gasteiger partial charge in [0.15, 0.2) is 11.5 Å². The quantitative estimate of drug-likeness (QED) is 0.685. The zero-order chi connectivity index (χ0) is 13.4. The molecule has 96 valence electrons. The Morgan fingerprint density at radius 3 is 2.42 bits per heavy atom. The van der Waals surface area contributed by atoms with E-state index in [9.17, 15) is 10.2 Å². The first-order chi connectivity index (χ1) is 9.15. The summed E-state index contributed by atoms with van der Waals surface area (Å²) in [6.45, 7) is 1.96. The van der Waals surface area contributed by atoms with Gasteiger partial charge in [-0.05, 0) is 24.1 Å². The normalized spacial score (nSPS) is 11.0. The lowest BCUT2D eigenvalue weighted by Gasteiger charge is -1.98. The number of fused-ring (bicyclic) bond motifs is 1. The number of furan rings is 1. The molecule has 3 aromatic rings. The van der Waals surface area contributed by atoms with E-state index in [2.05, 4.69) is 0 Å². The lowest BCUT2D eigenvalue weighted by molar-refractivity contribution is 0.404. The van der Waals surface area contributed by atoms with Crippen molar-refractivity contribution in [2.45, 2.75) is 13.3 Å². The number of benzene rings is 2. The monoisotopic (exact) mass is 254 g/mol. The number of hydrogen-bond acceptors (Lipinski definition) is 3. The predicted octanol–water partition coefficient (Wildman–Crippen LogP) is 3.74. The summed E-state index contributed by atoms with van der Waals surface area (Å²) in [6, 6.07) is 13.0. The van der Waals surface area contributed by atoms with Gasteiger partial charge >= 0.3 is 0 Å². The van der Waals surface area contributed by atoms with E-state index >= 15 is 0 Å². The largest absolute Gasteiger partial charge is 0.504 e. The van der Waals surface area contributed by atoms with Crippen LogP contribution in [0.5, 0.6) is 11.5 Å². The van der Waals surface area contributed by atoms with Gasteiger partial charge < -0.3 is 14.6 Å². The standard InChI is InChI=1S/C16H14O3/c1-10-12-8-13(17)14(18)9-16(12)19-15(10)7-11-5-3-2-4-6-11/h2-6,8-9,17-18H,7H2,1H3. The van der Waals surface area contributed by atoms with E-state index in [0.717, 1.165) is 22.3 Å². The highest BCUT2D eigenvalue weighted by molar-refractivity contribution is 5.85. The van der Waals surface area contributed by atoms with Gasteiger partial charge in [0, 0.05) is 17.9 Å². The van der Waals surface area contributed by atoms with E-state index in [1.807, 2.05) is 37.3 Å². The topological polar surface area (TPSA) is 53.6 Å². The van der Waals surface area contributed by atoms with Gasteiger partial charge in [-0.1, -0.05) is 30.3 Å². The van der Waals surface area contributed by atoms with E-state index in [1.54, 1.807) is 0 Å². The van der Waals surface area contributed by atoms with Gasteiger partial charge in [0.2, 0.25) is 0 Å². The molecule has 3 nitrogen and oxygen atoms in total. The van der Waals surface area contributed by atoms with Crippen molar-refractivity contribution in [1.82, 2.24) is 0 Å². The van der Waals surface area contributed by atoms with Crippen molar-refractivity contribution in [1.29, 1.82) is 0 Å². The molecule has 3 heteroatoms. The molecule has 1 aromatic heterocycles. The lowest BCUT2D eigenvalue weighted by atomic mass is 10.1. The number of rotatable bonds is 2. The zero-order valence-electron chi connectivity index (χ0n) is 10.6. The van der Waals surface area contributed by atoms with Gasteiger partial charge in [-0.15, -0.1) is 0 Å². The van der Waals surface area contributed by atoms with Crippen molar-refractivity contribution in [2.75, 3.05) is 0 Å². The summed E-state index contributed by atoms with van der Waals surface area (Å²) < 4.78 is 5.77. The summed E-state index contributed by atoms with van der Waals surface area (Å²) in [7, 11) is 0. The summed E-state index contributed by atoms with van der Waals surface area (Å²) in [6.07, 6.45) is 0.697. The Bertz CT molecular complexity index is 727. The summed E-state index contributed by atoms with van der Waals surface area (Å²) in [5, 5.41) is 19.9. The van der Waals surface area contributed by atoms with Gasteiger partial charge in [0.1, 0.15) is 11.3 Å². The molecule has 0 aliphatic rings. The third kappa shape index (κ3) is 2.03. The molecule has 2 N–H and O–H groups in total. The zero-order valence-corrected chi connectivity index (χ0v) is 10.6. The molecule has 3 rings (SSSR count). The van der Waals surface area contributed by atoms with Crippen LogP contribution in [0.1, 0.15) is 16.9 Å². The van der Waals surface area contributed by atoms with Gasteiger partial charge in [-0.3, -0.25) is 0 Å². The Morgan fingerprint density at radius 1 is 1.00 bits per heavy atom. The van der Waals surface area contributed by atoms with Crippen LogP contribution in [0.15, 0.2) is 46.9 Å². The molecule has 0 saturated carbocycles. The van der Waals surface area contributed by atoms with Crippen LogP contribution in [-0.2, 0) is 6.42 Å². The second kappa shape index (κ2) is 4.35. The van der Waals surface area contributed by atoms with Gasteiger partial charge in [-0.25, -0.2) is 0 Å². The van der Waals surface area contributed by atoms with Crippen LogP contribution in [0, 0.1) is 6.92 Å². The average molecular weight is 254 g/mol. The maximum absolute atomic E-state index is 9.55. The van der Waals surface area contributed by atoms with E-state index in [0.29, 0.717) is 12.0 Å². The first-order valence-corrected chi connectivity index (χ1v) is 6.13. The minimum Gasteiger partial charge on any atom is -0.504 e. The molecule has 1 heterocycles. The third-order valence-corrected chi connectivity index (χ3v) is 3.34. The van der Waals surface area contributed by atoms with E-state index in [4.69, 9.17) is 4.42 Å². The summed E-state index contributed by atoms with van der Waals surface area (Å²) in [5.74, 6) is 0.571. The number of phenols is 2. The minimum atomic E-state index is -0.160. The lowest BCUT2D eigenvalue weighted by Crippen LogP contribution is -1.87. The van der Waals surface area contributed by atoms with Crippen molar-refractivity contribution < 1.29 is 14.6 Å². The van der Waals surface area contributed by atoms with Gasteiger partial charge in [0.05, 0.1) is 0 Å². The van der Waals surface area contributed by atoms with Crippen molar-refractivity contribution in [3.63, 3.8) is 0 Å². The van der Waals surface area contributed by atoms with E-state index < -0.39 is 0 Å². The fraction of sp³-hybridized carbons (Fsp3) is 0.125. The number of hydrogen-bond donors (Lipinski definition) is 2. The maximum Gasteiger partial charge on any atom is 0.161 e. The van der Waals surface area contributed by atoms with Crippen LogP contribution in [0.4, 0.5) is 0 Å². The van der Waals surface area contributed by atoms with E-state index in [1.165, 1.54) is 12.1 Å². The molecule has 19 heavy (non-hydrogen) atoms. The number of aromatic hydroxyl groups is 2. The molecule has 0 aliphatic carbocycles. The van der Waals surface area contributed by atoms with Gasteiger partial charge in [-0.2, -0.15) is 0 Å². The molecule has 0 amide bonds. The molecule has 0 saturated heterocycles. The van der Waals surface area contributed by atoms with Crippen LogP contribution in [-0.4, -0.2) is 10.2 Å². The molecule has 0 spiro atoms. The second-order valence-electron chi connectivity index (χ2n) is 4.65. The molecule has 0 unspecified atom stereocenters. The Labute approximate surface area is 110 Å². The molecule has 0 radical (unpaired) electrons. The first-order valence-electron chi connectivity index (χ1n) is 6.13. The van der Waals surface area contributed by atoms with E-state index in [-0.39, 0.29) is 11.5 Å². The average Bonchev–Trinajstić information content (AvgIpc) is 2.69. The Morgan fingerprint density at radius 2 is 1.68 bits per heavy atom. The predicted molar refractivity (Wildman–Crippen MR) is 73.5 cm³/mol. The smallest absolute Gasteiger partial charge is 0.161 e. The highest BCUT2D eigenvalue weighted by atomic mass is 16.3. The second-order valence-corrected chi connectivity index (χ2v) is 4.65. The van der Waals surface area contributed by atoms with Crippen LogP contribution < -0.4 is 0 Å². The first kappa shape index (κ1) is 11.7. The molecular weight excluding hydrogens is 240 g/mol. The van der Waals surface area contributed by atoms with Crippen molar-refractivity contribution >= 4 is 11.0 Å². The molecule has 0 aliphatic heterocycles. The highest BCUT2D eigenvalue weighted by Gasteiger charge is 2.13. The van der Waals surface area contributed by atoms with Crippen LogP contribution in [0.25, 0.3) is 11.0 Å².